The van der Waals surface area contributed by atoms with Crippen LogP contribution in [0.3, 0.4) is 0 Å². The highest BCUT2D eigenvalue weighted by molar-refractivity contribution is 7.92. The number of halogens is 1. The van der Waals surface area contributed by atoms with Crippen LogP contribution in [-0.2, 0) is 37.3 Å². The number of aryl methyl sites for hydroxylation is 1. The summed E-state index contributed by atoms with van der Waals surface area (Å²) in [5.74, 6) is -0.991. The molecule has 1 aromatic carbocycles. The molecule has 0 saturated carbocycles. The average molecular weight is 446 g/mol. The van der Waals surface area contributed by atoms with E-state index in [2.05, 4.69) is 0 Å². The number of hydrogen-bond donors (Lipinski definition) is 2. The molecule has 0 unspecified atom stereocenters. The second-order valence-corrected chi connectivity index (χ2v) is 8.99. The number of nitrogens with one attached hydrogen (secondary N) is 1. The normalized spacial score (nSPS) is 20.6. The molecule has 0 spiro atoms. The van der Waals surface area contributed by atoms with Crippen LogP contribution in [0.5, 0.6) is 5.75 Å². The lowest BCUT2D eigenvalue weighted by Gasteiger charge is -2.22. The molecule has 30 heavy (non-hydrogen) atoms. The van der Waals surface area contributed by atoms with Crippen molar-refractivity contribution in [2.45, 2.75) is 32.1 Å². The smallest absolute Gasteiger partial charge is 0.326 e. The van der Waals surface area contributed by atoms with E-state index in [0.29, 0.717) is 37.5 Å². The summed E-state index contributed by atoms with van der Waals surface area (Å²) in [4.78, 5) is 11.7. The Balaban J connectivity index is 1.95. The zero-order valence-electron chi connectivity index (χ0n) is 17.0. The van der Waals surface area contributed by atoms with Gasteiger partial charge in [-0.15, -0.1) is 0 Å². The molecule has 1 fully saturated rings. The number of rotatable bonds is 9. The van der Waals surface area contributed by atoms with Crippen molar-refractivity contribution < 1.29 is 31.8 Å². The maximum Gasteiger partial charge on any atom is 0.326 e. The fourth-order valence-electron chi connectivity index (χ4n) is 3.87. The van der Waals surface area contributed by atoms with Gasteiger partial charge in [0, 0.05) is 7.11 Å². The third-order valence-corrected chi connectivity index (χ3v) is 6.78. The predicted octanol–water partition coefficient (Wildman–Crippen LogP) is 0.850. The highest BCUT2D eigenvalue weighted by Crippen LogP contribution is 2.40. The molecule has 1 aliphatic carbocycles. The third-order valence-electron chi connectivity index (χ3n) is 5.40. The van der Waals surface area contributed by atoms with Crippen LogP contribution < -0.4 is 19.5 Å². The molecule has 1 amide bonds. The van der Waals surface area contributed by atoms with E-state index in [-0.39, 0.29) is 24.8 Å². The van der Waals surface area contributed by atoms with Crippen LogP contribution in [0.25, 0.3) is 0 Å². The molecule has 2 aliphatic rings. The number of amides is 1. The number of fused-ring (bicyclic) bond motifs is 1. The van der Waals surface area contributed by atoms with Gasteiger partial charge in [0.2, 0.25) is 0 Å². The minimum atomic E-state index is -4.19. The van der Waals surface area contributed by atoms with Crippen molar-refractivity contribution in [2.24, 2.45) is 11.7 Å². The van der Waals surface area contributed by atoms with E-state index in [9.17, 15) is 13.2 Å². The van der Waals surface area contributed by atoms with Crippen LogP contribution in [0.2, 0.25) is 0 Å². The molecular formula is C19H28FN3O6S. The first-order chi connectivity index (χ1) is 14.4. The van der Waals surface area contributed by atoms with Crippen molar-refractivity contribution in [3.63, 3.8) is 0 Å². The Morgan fingerprint density at radius 1 is 1.30 bits per heavy atom. The summed E-state index contributed by atoms with van der Waals surface area (Å²) in [7, 11) is -2.66. The maximum absolute atomic E-state index is 15.6. The molecule has 168 valence electrons. The Morgan fingerprint density at radius 2 is 2.07 bits per heavy atom. The first kappa shape index (κ1) is 22.7. The molecule has 3 rings (SSSR count). The first-order valence-corrected chi connectivity index (χ1v) is 11.4. The molecule has 0 radical (unpaired) electrons. The summed E-state index contributed by atoms with van der Waals surface area (Å²) in [5.41, 5.74) is 6.66. The summed E-state index contributed by atoms with van der Waals surface area (Å²) >= 11 is 0. The van der Waals surface area contributed by atoms with E-state index in [0.717, 1.165) is 29.1 Å². The third kappa shape index (κ3) is 5.02. The minimum Gasteiger partial charge on any atom is -0.465 e. The lowest BCUT2D eigenvalue weighted by atomic mass is 9.96. The Labute approximate surface area is 175 Å². The molecular weight excluding hydrogens is 417 g/mol. The van der Waals surface area contributed by atoms with E-state index in [1.165, 1.54) is 7.11 Å². The summed E-state index contributed by atoms with van der Waals surface area (Å²) in [6, 6.07) is 1.66. The molecule has 0 bridgehead atoms. The monoisotopic (exact) mass is 445 g/mol. The van der Waals surface area contributed by atoms with E-state index in [1.54, 1.807) is 6.07 Å². The summed E-state index contributed by atoms with van der Waals surface area (Å²) in [5, 5.41) is 0. The molecule has 1 aromatic rings. The number of carbonyl (C=O) groups is 1. The fraction of sp³-hybridized carbons (Fsp3) is 0.632. The molecule has 3 N–H and O–H groups in total. The molecule has 1 heterocycles. The summed E-state index contributed by atoms with van der Waals surface area (Å²) in [6.45, 7) is 0.481. The highest BCUT2D eigenvalue weighted by Gasteiger charge is 2.39. The number of nitrogens with two attached hydrogens (primary N) is 1. The maximum atomic E-state index is 15.6. The Bertz CT molecular complexity index is 880. The number of hydrogen-bond acceptors (Lipinski definition) is 7. The van der Waals surface area contributed by atoms with Gasteiger partial charge in [0.1, 0.15) is 18.0 Å². The van der Waals surface area contributed by atoms with Crippen molar-refractivity contribution in [1.82, 2.24) is 4.72 Å². The van der Waals surface area contributed by atoms with Gasteiger partial charge in [0.25, 0.3) is 5.91 Å². The molecule has 1 aliphatic heterocycles. The molecule has 1 atom stereocenters. The van der Waals surface area contributed by atoms with E-state index >= 15 is 4.39 Å². The largest absolute Gasteiger partial charge is 0.465 e. The highest BCUT2D eigenvalue weighted by atomic mass is 32.2. The Morgan fingerprint density at radius 3 is 2.73 bits per heavy atom. The molecule has 11 heteroatoms. The average Bonchev–Trinajstić information content (AvgIpc) is 2.84. The number of anilines is 1. The predicted molar refractivity (Wildman–Crippen MR) is 108 cm³/mol. The van der Waals surface area contributed by atoms with Crippen molar-refractivity contribution in [3.05, 3.63) is 23.0 Å². The SMILES string of the molecule is COCCOCOc1cc2c(c(F)c1N1CC(=O)NS1(=O)=O)CC[C@H](CCN)CC2. The van der Waals surface area contributed by atoms with Crippen LogP contribution in [0, 0.1) is 11.7 Å². The summed E-state index contributed by atoms with van der Waals surface area (Å²) < 4.78 is 58.8. The van der Waals surface area contributed by atoms with E-state index < -0.39 is 28.5 Å². The van der Waals surface area contributed by atoms with Gasteiger partial charge in [-0.1, -0.05) is 0 Å². The quantitative estimate of drug-likeness (QED) is 0.328. The van der Waals surface area contributed by atoms with Crippen molar-refractivity contribution in [3.8, 4) is 5.75 Å². The van der Waals surface area contributed by atoms with Gasteiger partial charge in [-0.2, -0.15) is 8.42 Å². The fourth-order valence-corrected chi connectivity index (χ4v) is 5.03. The van der Waals surface area contributed by atoms with Crippen LogP contribution in [0.1, 0.15) is 30.4 Å². The van der Waals surface area contributed by atoms with Crippen LogP contribution in [-0.4, -0.2) is 54.5 Å². The van der Waals surface area contributed by atoms with E-state index in [4.69, 9.17) is 19.9 Å². The van der Waals surface area contributed by atoms with Crippen LogP contribution >= 0.6 is 0 Å². The topological polar surface area (TPSA) is 120 Å². The number of carbonyl (C=O) groups excluding carboxylic acids is 1. The van der Waals surface area contributed by atoms with Crippen LogP contribution in [0.15, 0.2) is 6.07 Å². The summed E-state index contributed by atoms with van der Waals surface area (Å²) in [6.07, 6.45) is 3.61. The van der Waals surface area contributed by atoms with Crippen molar-refractivity contribution in [1.29, 1.82) is 0 Å². The van der Waals surface area contributed by atoms with Gasteiger partial charge in [-0.05, 0) is 61.8 Å². The second-order valence-electron chi connectivity index (χ2n) is 7.40. The first-order valence-electron chi connectivity index (χ1n) is 9.94. The van der Waals surface area contributed by atoms with E-state index in [1.807, 2.05) is 4.72 Å². The standard InChI is InChI=1S/C19H28FN3O6S/c1-27-8-9-28-12-29-16-10-14-4-2-13(6-7-21)3-5-15(14)18(20)19(16)23-11-17(24)22-30(23,25)26/h10,13H,2-9,11-12,21H2,1H3,(H,22,24)/t13-/m1/s1. The van der Waals surface area contributed by atoms with Crippen molar-refractivity contribution in [2.75, 3.05) is 44.5 Å². The van der Waals surface area contributed by atoms with Gasteiger partial charge in [-0.25, -0.2) is 13.4 Å². The van der Waals surface area contributed by atoms with Gasteiger partial charge in [0.15, 0.2) is 12.6 Å². The molecule has 1 saturated heterocycles. The van der Waals surface area contributed by atoms with Gasteiger partial charge >= 0.3 is 10.2 Å². The molecule has 0 aromatic heterocycles. The van der Waals surface area contributed by atoms with Gasteiger partial charge < -0.3 is 19.9 Å². The number of ether oxygens (including phenoxy) is 3. The lowest BCUT2D eigenvalue weighted by Crippen LogP contribution is -2.31. The number of benzene rings is 1. The lowest BCUT2D eigenvalue weighted by molar-refractivity contribution is -0.117. The Hall–Kier alpha value is -1.95. The van der Waals surface area contributed by atoms with Gasteiger partial charge in [-0.3, -0.25) is 4.79 Å². The van der Waals surface area contributed by atoms with Crippen molar-refractivity contribution >= 4 is 21.8 Å². The Kier molecular flexibility index (Phi) is 7.50. The minimum absolute atomic E-state index is 0.0287. The zero-order chi connectivity index (χ0) is 21.7. The zero-order valence-corrected chi connectivity index (χ0v) is 17.8. The van der Waals surface area contributed by atoms with Crippen LogP contribution in [0.4, 0.5) is 10.1 Å². The number of methoxy groups -OCH3 is 1. The molecule has 9 nitrogen and oxygen atoms in total. The number of nitrogens with zero attached hydrogens (tertiary/aromatic N) is 1. The second kappa shape index (κ2) is 9.90. The van der Waals surface area contributed by atoms with Gasteiger partial charge in [0.05, 0.1) is 13.2 Å².